The third kappa shape index (κ3) is 5.88. The van der Waals surface area contributed by atoms with Crippen LogP contribution in [0, 0.1) is 5.92 Å². The molecule has 1 aliphatic rings. The van der Waals surface area contributed by atoms with Gasteiger partial charge in [0.1, 0.15) is 0 Å². The lowest BCUT2D eigenvalue weighted by atomic mass is 10.1. The summed E-state index contributed by atoms with van der Waals surface area (Å²) in [6.45, 7) is 6.68. The van der Waals surface area contributed by atoms with E-state index in [-0.39, 0.29) is 11.7 Å². The highest BCUT2D eigenvalue weighted by molar-refractivity contribution is 7.89. The molecule has 6 heteroatoms. The highest BCUT2D eigenvalue weighted by atomic mass is 32.2. The van der Waals surface area contributed by atoms with Crippen molar-refractivity contribution < 1.29 is 13.2 Å². The van der Waals surface area contributed by atoms with Crippen LogP contribution in [0.2, 0.25) is 0 Å². The minimum Gasteiger partial charge on any atom is -0.381 e. The average molecular weight is 340 g/mol. The molecular formula is C17H28N2O3S. The van der Waals surface area contributed by atoms with Gasteiger partial charge in [0, 0.05) is 25.7 Å². The number of rotatable bonds is 8. The molecule has 0 spiro atoms. The van der Waals surface area contributed by atoms with Crippen molar-refractivity contribution in [2.45, 2.75) is 39.4 Å². The van der Waals surface area contributed by atoms with Gasteiger partial charge in [0.05, 0.1) is 12.4 Å². The predicted molar refractivity (Wildman–Crippen MR) is 92.6 cm³/mol. The van der Waals surface area contributed by atoms with Gasteiger partial charge in [-0.05, 0) is 44.4 Å². The maximum atomic E-state index is 12.2. The molecule has 1 N–H and O–H groups in total. The molecule has 0 bridgehead atoms. The van der Waals surface area contributed by atoms with Crippen LogP contribution in [0.4, 0.5) is 0 Å². The van der Waals surface area contributed by atoms with E-state index < -0.39 is 10.0 Å². The molecule has 1 fully saturated rings. The summed E-state index contributed by atoms with van der Waals surface area (Å²) in [5.41, 5.74) is 2.20. The highest BCUT2D eigenvalue weighted by Gasteiger charge is 2.23. The summed E-state index contributed by atoms with van der Waals surface area (Å²) in [5, 5.41) is 0. The van der Waals surface area contributed by atoms with Crippen LogP contribution >= 0.6 is 0 Å². The SMILES string of the molecule is CC(C)N(C)Cc1ccccc1CNS(=O)(=O)C[C@@H]1CCOC1. The Labute approximate surface area is 140 Å². The summed E-state index contributed by atoms with van der Waals surface area (Å²) < 4.78 is 32.4. The zero-order valence-electron chi connectivity index (χ0n) is 14.3. The van der Waals surface area contributed by atoms with E-state index in [1.165, 1.54) is 0 Å². The van der Waals surface area contributed by atoms with Gasteiger partial charge in [-0.25, -0.2) is 13.1 Å². The standard InChI is InChI=1S/C17H28N2O3S/c1-14(2)19(3)11-17-7-5-4-6-16(17)10-18-23(20,21)13-15-8-9-22-12-15/h4-7,14-15,18H,8-13H2,1-3H3/t15-/m1/s1. The minimum absolute atomic E-state index is 0.120. The second kappa shape index (κ2) is 8.24. The molecule has 1 aliphatic heterocycles. The molecule has 1 atom stereocenters. The Balaban J connectivity index is 1.96. The Morgan fingerprint density at radius 1 is 1.30 bits per heavy atom. The van der Waals surface area contributed by atoms with Crippen LogP contribution in [0.5, 0.6) is 0 Å². The van der Waals surface area contributed by atoms with Gasteiger partial charge in [0.15, 0.2) is 0 Å². The topological polar surface area (TPSA) is 58.6 Å². The van der Waals surface area contributed by atoms with E-state index in [2.05, 4.69) is 36.6 Å². The van der Waals surface area contributed by atoms with Gasteiger partial charge >= 0.3 is 0 Å². The van der Waals surface area contributed by atoms with Gasteiger partial charge in [-0.3, -0.25) is 4.90 Å². The van der Waals surface area contributed by atoms with Gasteiger partial charge in [0.25, 0.3) is 0 Å². The molecule has 0 unspecified atom stereocenters. The summed E-state index contributed by atoms with van der Waals surface area (Å²) in [4.78, 5) is 2.24. The summed E-state index contributed by atoms with van der Waals surface area (Å²) >= 11 is 0. The van der Waals surface area contributed by atoms with E-state index >= 15 is 0 Å². The minimum atomic E-state index is -3.27. The molecule has 2 rings (SSSR count). The van der Waals surface area contributed by atoms with Gasteiger partial charge in [-0.2, -0.15) is 0 Å². The van der Waals surface area contributed by atoms with Crippen molar-refractivity contribution in [2.75, 3.05) is 26.0 Å². The van der Waals surface area contributed by atoms with Crippen LogP contribution in [-0.4, -0.2) is 45.4 Å². The first-order chi connectivity index (χ1) is 10.9. The van der Waals surface area contributed by atoms with Crippen LogP contribution in [0.15, 0.2) is 24.3 Å². The number of hydrogen-bond donors (Lipinski definition) is 1. The summed E-state index contributed by atoms with van der Waals surface area (Å²) in [6, 6.07) is 8.45. The molecule has 130 valence electrons. The fourth-order valence-electron chi connectivity index (χ4n) is 2.61. The van der Waals surface area contributed by atoms with Crippen molar-refractivity contribution in [1.29, 1.82) is 0 Å². The van der Waals surface area contributed by atoms with Crippen LogP contribution in [0.25, 0.3) is 0 Å². The van der Waals surface area contributed by atoms with Crippen LogP contribution < -0.4 is 4.72 Å². The number of ether oxygens (including phenoxy) is 1. The van der Waals surface area contributed by atoms with Crippen LogP contribution in [0.1, 0.15) is 31.4 Å². The molecule has 1 aromatic rings. The third-order valence-electron chi connectivity index (χ3n) is 4.38. The van der Waals surface area contributed by atoms with Crippen molar-refractivity contribution in [3.63, 3.8) is 0 Å². The second-order valence-electron chi connectivity index (χ2n) is 6.61. The molecule has 1 heterocycles. The molecule has 0 saturated carbocycles. The lowest BCUT2D eigenvalue weighted by molar-refractivity contribution is 0.188. The molecule has 1 saturated heterocycles. The van der Waals surface area contributed by atoms with Gasteiger partial charge < -0.3 is 4.74 Å². The second-order valence-corrected chi connectivity index (χ2v) is 8.46. The largest absolute Gasteiger partial charge is 0.381 e. The molecule has 0 radical (unpaired) electrons. The molecule has 1 aromatic carbocycles. The summed E-state index contributed by atoms with van der Waals surface area (Å²) in [7, 11) is -1.19. The first-order valence-electron chi connectivity index (χ1n) is 8.19. The van der Waals surface area contributed by atoms with Crippen molar-refractivity contribution in [3.05, 3.63) is 35.4 Å². The Hall–Kier alpha value is -0.950. The van der Waals surface area contributed by atoms with E-state index in [1.807, 2.05) is 18.2 Å². The van der Waals surface area contributed by atoms with Gasteiger partial charge in [-0.1, -0.05) is 24.3 Å². The Bertz CT molecular complexity index is 596. The quantitative estimate of drug-likeness (QED) is 0.786. The Kier molecular flexibility index (Phi) is 6.59. The highest BCUT2D eigenvalue weighted by Crippen LogP contribution is 2.16. The Morgan fingerprint density at radius 3 is 2.61 bits per heavy atom. The van der Waals surface area contributed by atoms with E-state index in [9.17, 15) is 8.42 Å². The molecular weight excluding hydrogens is 312 g/mol. The van der Waals surface area contributed by atoms with E-state index in [4.69, 9.17) is 4.74 Å². The van der Waals surface area contributed by atoms with E-state index in [0.717, 1.165) is 24.1 Å². The fraction of sp³-hybridized carbons (Fsp3) is 0.647. The van der Waals surface area contributed by atoms with Gasteiger partial charge in [0.2, 0.25) is 10.0 Å². The summed E-state index contributed by atoms with van der Waals surface area (Å²) in [5.74, 6) is 0.274. The first-order valence-corrected chi connectivity index (χ1v) is 9.84. The predicted octanol–water partition coefficient (Wildman–Crippen LogP) is 1.98. The lowest BCUT2D eigenvalue weighted by Crippen LogP contribution is -2.31. The van der Waals surface area contributed by atoms with E-state index in [0.29, 0.717) is 25.8 Å². The fourth-order valence-corrected chi connectivity index (χ4v) is 3.98. The summed E-state index contributed by atoms with van der Waals surface area (Å²) in [6.07, 6.45) is 0.830. The van der Waals surface area contributed by atoms with Crippen molar-refractivity contribution in [2.24, 2.45) is 5.92 Å². The zero-order chi connectivity index (χ0) is 16.9. The molecule has 5 nitrogen and oxygen atoms in total. The smallest absolute Gasteiger partial charge is 0.212 e. The first kappa shape index (κ1) is 18.4. The van der Waals surface area contributed by atoms with Gasteiger partial charge in [-0.15, -0.1) is 0 Å². The number of sulfonamides is 1. The van der Waals surface area contributed by atoms with Crippen LogP contribution in [0.3, 0.4) is 0 Å². The molecule has 0 amide bonds. The average Bonchev–Trinajstić information content (AvgIpc) is 2.98. The monoisotopic (exact) mass is 340 g/mol. The number of hydrogen-bond acceptors (Lipinski definition) is 4. The lowest BCUT2D eigenvalue weighted by Gasteiger charge is -2.22. The van der Waals surface area contributed by atoms with Crippen LogP contribution in [-0.2, 0) is 27.8 Å². The normalized spacial score (nSPS) is 18.9. The number of nitrogens with one attached hydrogen (secondary N) is 1. The maximum Gasteiger partial charge on any atom is 0.212 e. The molecule has 0 aromatic heterocycles. The Morgan fingerprint density at radius 2 is 2.00 bits per heavy atom. The van der Waals surface area contributed by atoms with Crippen molar-refractivity contribution in [1.82, 2.24) is 9.62 Å². The third-order valence-corrected chi connectivity index (χ3v) is 5.88. The van der Waals surface area contributed by atoms with Crippen molar-refractivity contribution >= 4 is 10.0 Å². The zero-order valence-corrected chi connectivity index (χ0v) is 15.1. The van der Waals surface area contributed by atoms with Crippen molar-refractivity contribution in [3.8, 4) is 0 Å². The van der Waals surface area contributed by atoms with E-state index in [1.54, 1.807) is 0 Å². The number of benzene rings is 1. The maximum absolute atomic E-state index is 12.2. The molecule has 0 aliphatic carbocycles. The number of nitrogens with zero attached hydrogens (tertiary/aromatic N) is 1. The molecule has 23 heavy (non-hydrogen) atoms.